The third kappa shape index (κ3) is 6.02. The molecular formula is C17H25ClN2O4. The van der Waals surface area contributed by atoms with Gasteiger partial charge in [0.2, 0.25) is 5.91 Å². The number of ether oxygens (including phenoxy) is 1. The van der Waals surface area contributed by atoms with Crippen LogP contribution in [0, 0.1) is 11.8 Å². The second kappa shape index (κ2) is 10.2. The first-order chi connectivity index (χ1) is 11.1. The quantitative estimate of drug-likeness (QED) is 0.668. The summed E-state index contributed by atoms with van der Waals surface area (Å²) in [5.74, 6) is -0.573. The molecule has 134 valence electrons. The summed E-state index contributed by atoms with van der Waals surface area (Å²) in [7, 11) is 1.35. The van der Waals surface area contributed by atoms with Crippen LogP contribution < -0.4 is 10.6 Å². The summed E-state index contributed by atoms with van der Waals surface area (Å²) >= 11 is 0. The Kier molecular flexibility index (Phi) is 8.57. The van der Waals surface area contributed by atoms with Gasteiger partial charge in [-0.1, -0.05) is 12.1 Å². The lowest BCUT2D eigenvalue weighted by atomic mass is 9.96. The van der Waals surface area contributed by atoms with E-state index in [9.17, 15) is 14.7 Å². The van der Waals surface area contributed by atoms with Crippen LogP contribution in [-0.2, 0) is 20.7 Å². The molecule has 24 heavy (non-hydrogen) atoms. The fourth-order valence-electron chi connectivity index (χ4n) is 2.77. The number of halogens is 1. The molecule has 1 saturated heterocycles. The van der Waals surface area contributed by atoms with Crippen molar-refractivity contribution in [3.05, 3.63) is 29.8 Å². The van der Waals surface area contributed by atoms with Crippen LogP contribution in [0.5, 0.6) is 5.75 Å². The molecule has 1 amide bonds. The number of carbonyl (C=O) groups is 2. The van der Waals surface area contributed by atoms with E-state index in [0.29, 0.717) is 6.42 Å². The maximum absolute atomic E-state index is 12.2. The van der Waals surface area contributed by atoms with E-state index < -0.39 is 5.92 Å². The Hall–Kier alpha value is -1.79. The van der Waals surface area contributed by atoms with Crippen LogP contribution in [-0.4, -0.2) is 43.7 Å². The number of phenols is 1. The van der Waals surface area contributed by atoms with Crippen molar-refractivity contribution < 1.29 is 19.4 Å². The molecule has 1 aromatic carbocycles. The summed E-state index contributed by atoms with van der Waals surface area (Å²) in [6, 6.07) is 6.69. The van der Waals surface area contributed by atoms with Crippen LogP contribution >= 0.6 is 12.4 Å². The highest BCUT2D eigenvalue weighted by molar-refractivity contribution is 5.85. The molecule has 0 bridgehead atoms. The minimum Gasteiger partial charge on any atom is -0.508 e. The van der Waals surface area contributed by atoms with E-state index in [4.69, 9.17) is 4.74 Å². The number of benzene rings is 1. The number of hydrogen-bond donors (Lipinski definition) is 3. The lowest BCUT2D eigenvalue weighted by Gasteiger charge is -2.23. The number of rotatable bonds is 6. The number of aromatic hydroxyl groups is 1. The molecule has 1 aliphatic rings. The molecule has 1 aliphatic heterocycles. The van der Waals surface area contributed by atoms with Gasteiger partial charge >= 0.3 is 5.97 Å². The average Bonchev–Trinajstić information content (AvgIpc) is 2.60. The van der Waals surface area contributed by atoms with E-state index in [0.717, 1.165) is 31.5 Å². The van der Waals surface area contributed by atoms with Crippen molar-refractivity contribution in [2.75, 3.05) is 26.7 Å². The summed E-state index contributed by atoms with van der Waals surface area (Å²) in [5.41, 5.74) is 0.911. The van der Waals surface area contributed by atoms with E-state index in [1.807, 2.05) is 0 Å². The molecule has 2 rings (SSSR count). The van der Waals surface area contributed by atoms with Crippen molar-refractivity contribution in [3.63, 3.8) is 0 Å². The van der Waals surface area contributed by atoms with Gasteiger partial charge in [-0.05, 0) is 50.0 Å². The predicted octanol–water partition coefficient (Wildman–Crippen LogP) is 1.26. The number of piperidine rings is 1. The largest absolute Gasteiger partial charge is 0.508 e. The highest BCUT2D eigenvalue weighted by Gasteiger charge is 2.24. The zero-order valence-electron chi connectivity index (χ0n) is 13.8. The van der Waals surface area contributed by atoms with Crippen molar-refractivity contribution in [1.82, 2.24) is 10.6 Å². The zero-order chi connectivity index (χ0) is 16.7. The molecular weight excluding hydrogens is 332 g/mol. The van der Waals surface area contributed by atoms with Gasteiger partial charge in [-0.2, -0.15) is 0 Å². The predicted molar refractivity (Wildman–Crippen MR) is 93.2 cm³/mol. The SMILES string of the molecule is COC(=O)C(CNC(=O)C1CCNCC1)Cc1ccc(O)cc1.Cl. The van der Waals surface area contributed by atoms with Gasteiger partial charge in [0.1, 0.15) is 5.75 Å². The van der Waals surface area contributed by atoms with Gasteiger partial charge in [0.25, 0.3) is 0 Å². The minimum absolute atomic E-state index is 0. The Labute approximate surface area is 148 Å². The van der Waals surface area contributed by atoms with Gasteiger partial charge in [-0.15, -0.1) is 12.4 Å². The van der Waals surface area contributed by atoms with Gasteiger partial charge in [0.05, 0.1) is 13.0 Å². The standard InChI is InChI=1S/C17H24N2O4.ClH/c1-23-17(22)14(10-12-2-4-15(20)5-3-12)11-19-16(21)13-6-8-18-9-7-13;/h2-5,13-14,18,20H,6-11H2,1H3,(H,19,21);1H. The lowest BCUT2D eigenvalue weighted by molar-refractivity contribution is -0.145. The number of esters is 1. The number of amides is 1. The number of hydrogen-bond acceptors (Lipinski definition) is 5. The number of carbonyl (C=O) groups excluding carboxylic acids is 2. The molecule has 1 heterocycles. The Morgan fingerprint density at radius 1 is 1.29 bits per heavy atom. The summed E-state index contributed by atoms with van der Waals surface area (Å²) in [6.45, 7) is 1.97. The van der Waals surface area contributed by atoms with Crippen molar-refractivity contribution in [3.8, 4) is 5.75 Å². The Morgan fingerprint density at radius 3 is 2.50 bits per heavy atom. The van der Waals surface area contributed by atoms with Gasteiger partial charge in [-0.3, -0.25) is 9.59 Å². The fourth-order valence-corrected chi connectivity index (χ4v) is 2.77. The summed E-state index contributed by atoms with van der Waals surface area (Å²) in [5, 5.41) is 15.4. The van der Waals surface area contributed by atoms with Crippen LogP contribution in [0.4, 0.5) is 0 Å². The second-order valence-corrected chi connectivity index (χ2v) is 5.86. The number of methoxy groups -OCH3 is 1. The average molecular weight is 357 g/mol. The Morgan fingerprint density at radius 2 is 1.92 bits per heavy atom. The Balaban J connectivity index is 0.00000288. The molecule has 0 aliphatic carbocycles. The normalized spacial score (nSPS) is 15.9. The zero-order valence-corrected chi connectivity index (χ0v) is 14.6. The van der Waals surface area contributed by atoms with Crippen LogP contribution in [0.2, 0.25) is 0 Å². The third-order valence-electron chi connectivity index (χ3n) is 4.19. The van der Waals surface area contributed by atoms with Gasteiger partial charge < -0.3 is 20.5 Å². The summed E-state index contributed by atoms with van der Waals surface area (Å²) < 4.78 is 4.84. The molecule has 6 nitrogen and oxygen atoms in total. The first kappa shape index (κ1) is 20.3. The van der Waals surface area contributed by atoms with Crippen molar-refractivity contribution in [2.45, 2.75) is 19.3 Å². The highest BCUT2D eigenvalue weighted by Crippen LogP contribution is 2.15. The van der Waals surface area contributed by atoms with Crippen molar-refractivity contribution >= 4 is 24.3 Å². The summed E-state index contributed by atoms with van der Waals surface area (Å²) in [6.07, 6.45) is 2.11. The number of phenolic OH excluding ortho intramolecular Hbond substituents is 1. The van der Waals surface area contributed by atoms with Gasteiger partial charge in [-0.25, -0.2) is 0 Å². The van der Waals surface area contributed by atoms with Crippen molar-refractivity contribution in [1.29, 1.82) is 0 Å². The van der Waals surface area contributed by atoms with E-state index >= 15 is 0 Å². The molecule has 0 saturated carbocycles. The second-order valence-electron chi connectivity index (χ2n) is 5.86. The first-order valence-corrected chi connectivity index (χ1v) is 7.94. The fraction of sp³-hybridized carbons (Fsp3) is 0.529. The molecule has 0 spiro atoms. The molecule has 1 aromatic rings. The summed E-state index contributed by atoms with van der Waals surface area (Å²) in [4.78, 5) is 24.1. The van der Waals surface area contributed by atoms with Crippen molar-refractivity contribution in [2.24, 2.45) is 11.8 Å². The van der Waals surface area contributed by atoms with E-state index in [1.54, 1.807) is 24.3 Å². The Bertz CT molecular complexity index is 530. The van der Waals surface area contributed by atoms with Crippen LogP contribution in [0.15, 0.2) is 24.3 Å². The molecule has 1 fully saturated rings. The first-order valence-electron chi connectivity index (χ1n) is 7.94. The molecule has 3 N–H and O–H groups in total. The maximum Gasteiger partial charge on any atom is 0.310 e. The molecule has 1 unspecified atom stereocenters. The van der Waals surface area contributed by atoms with Gasteiger partial charge in [0, 0.05) is 12.5 Å². The maximum atomic E-state index is 12.2. The smallest absolute Gasteiger partial charge is 0.310 e. The van der Waals surface area contributed by atoms with Crippen LogP contribution in [0.25, 0.3) is 0 Å². The highest BCUT2D eigenvalue weighted by atomic mass is 35.5. The van der Waals surface area contributed by atoms with E-state index in [2.05, 4.69) is 10.6 Å². The molecule has 7 heteroatoms. The topological polar surface area (TPSA) is 87.7 Å². The van der Waals surface area contributed by atoms with Crippen LogP contribution in [0.3, 0.4) is 0 Å². The monoisotopic (exact) mass is 356 g/mol. The molecule has 0 aromatic heterocycles. The van der Waals surface area contributed by atoms with E-state index in [1.165, 1.54) is 7.11 Å². The third-order valence-corrected chi connectivity index (χ3v) is 4.19. The lowest BCUT2D eigenvalue weighted by Crippen LogP contribution is -2.41. The molecule has 1 atom stereocenters. The molecule has 0 radical (unpaired) electrons. The van der Waals surface area contributed by atoms with E-state index in [-0.39, 0.29) is 42.5 Å². The van der Waals surface area contributed by atoms with Crippen LogP contribution in [0.1, 0.15) is 18.4 Å². The van der Waals surface area contributed by atoms with Gasteiger partial charge in [0.15, 0.2) is 0 Å². The minimum atomic E-state index is -0.435. The number of nitrogens with one attached hydrogen (secondary N) is 2.